The maximum absolute atomic E-state index is 13.7. The number of benzene rings is 1. The fourth-order valence-corrected chi connectivity index (χ4v) is 4.10. The van der Waals surface area contributed by atoms with E-state index in [4.69, 9.17) is 4.74 Å². The Morgan fingerprint density at radius 3 is 2.12 bits per heavy atom. The third-order valence-electron chi connectivity index (χ3n) is 6.40. The summed E-state index contributed by atoms with van der Waals surface area (Å²) in [6.45, 7) is 9.78. The molecular weight excluding hydrogens is 418 g/mol. The number of carbonyl (C=O) groups excluding carboxylic acids is 3. The van der Waals surface area contributed by atoms with Crippen LogP contribution in [0.1, 0.15) is 45.7 Å². The Labute approximate surface area is 198 Å². The molecule has 33 heavy (non-hydrogen) atoms. The maximum Gasteiger partial charge on any atom is 0.333 e. The molecule has 0 aromatic heterocycles. The summed E-state index contributed by atoms with van der Waals surface area (Å²) in [6.07, 6.45) is 2.88. The average molecular weight is 458 g/mol. The Bertz CT molecular complexity index is 889. The zero-order valence-electron chi connectivity index (χ0n) is 21.3. The fourth-order valence-electron chi connectivity index (χ4n) is 4.10. The van der Waals surface area contributed by atoms with Crippen molar-refractivity contribution in [3.05, 3.63) is 47.0 Å². The van der Waals surface area contributed by atoms with Crippen LogP contribution < -0.4 is 5.32 Å². The third-order valence-corrected chi connectivity index (χ3v) is 6.40. The van der Waals surface area contributed by atoms with Crippen LogP contribution in [0.25, 0.3) is 0 Å². The average Bonchev–Trinajstić information content (AvgIpc) is 3.15. The second-order valence-corrected chi connectivity index (χ2v) is 10.1. The van der Waals surface area contributed by atoms with E-state index in [1.165, 1.54) is 4.90 Å². The predicted molar refractivity (Wildman–Crippen MR) is 130 cm³/mol. The molecule has 0 spiro atoms. The van der Waals surface area contributed by atoms with Crippen molar-refractivity contribution < 1.29 is 19.1 Å². The standard InChI is InChI=1S/C26H39N3O4/c1-9-33-23(31)18(2)14-15-29(8)22(30)21(25(3,4)5)27-24(32)26(28(6)7)16-19-12-10-11-13-20(19)17-26/h10-14,21H,9,15-17H2,1-8H3,(H,27,32)/b18-14+. The molecule has 1 aromatic carbocycles. The van der Waals surface area contributed by atoms with Gasteiger partial charge in [-0.25, -0.2) is 4.79 Å². The minimum atomic E-state index is -0.744. The molecule has 1 atom stereocenters. The summed E-state index contributed by atoms with van der Waals surface area (Å²) >= 11 is 0. The Balaban J connectivity index is 2.21. The van der Waals surface area contributed by atoms with E-state index in [2.05, 4.69) is 17.4 Å². The molecule has 0 saturated heterocycles. The van der Waals surface area contributed by atoms with Gasteiger partial charge in [0.1, 0.15) is 11.6 Å². The van der Waals surface area contributed by atoms with Gasteiger partial charge in [-0.3, -0.25) is 14.5 Å². The Morgan fingerprint density at radius 1 is 1.12 bits per heavy atom. The van der Waals surface area contributed by atoms with Crippen molar-refractivity contribution in [2.24, 2.45) is 5.41 Å². The normalized spacial score (nSPS) is 16.2. The van der Waals surface area contributed by atoms with Crippen molar-refractivity contribution in [2.45, 2.75) is 59.0 Å². The van der Waals surface area contributed by atoms with Gasteiger partial charge in [-0.05, 0) is 44.5 Å². The van der Waals surface area contributed by atoms with Crippen molar-refractivity contribution in [1.82, 2.24) is 15.1 Å². The molecule has 2 rings (SSSR count). The first-order valence-electron chi connectivity index (χ1n) is 11.5. The van der Waals surface area contributed by atoms with Gasteiger partial charge in [0.2, 0.25) is 11.8 Å². The van der Waals surface area contributed by atoms with Gasteiger partial charge in [0.05, 0.1) is 6.61 Å². The number of esters is 1. The largest absolute Gasteiger partial charge is 0.463 e. The summed E-state index contributed by atoms with van der Waals surface area (Å²) in [6, 6.07) is 7.39. The highest BCUT2D eigenvalue weighted by molar-refractivity contribution is 5.94. The maximum atomic E-state index is 13.7. The van der Waals surface area contributed by atoms with Gasteiger partial charge in [0, 0.05) is 32.0 Å². The number of amides is 2. The molecule has 1 aliphatic carbocycles. The minimum absolute atomic E-state index is 0.149. The van der Waals surface area contributed by atoms with Gasteiger partial charge in [-0.15, -0.1) is 0 Å². The summed E-state index contributed by atoms with van der Waals surface area (Å²) in [5.41, 5.74) is 1.53. The number of ether oxygens (including phenoxy) is 1. The minimum Gasteiger partial charge on any atom is -0.463 e. The highest BCUT2D eigenvalue weighted by Crippen LogP contribution is 2.34. The number of fused-ring (bicyclic) bond motifs is 1. The molecule has 0 bridgehead atoms. The van der Waals surface area contributed by atoms with Crippen molar-refractivity contribution in [2.75, 3.05) is 34.3 Å². The molecule has 182 valence electrons. The first-order chi connectivity index (χ1) is 15.3. The molecule has 1 unspecified atom stereocenters. The number of nitrogens with one attached hydrogen (secondary N) is 1. The lowest BCUT2D eigenvalue weighted by atomic mass is 9.84. The van der Waals surface area contributed by atoms with Crippen molar-refractivity contribution in [3.8, 4) is 0 Å². The Kier molecular flexibility index (Phi) is 8.46. The summed E-state index contributed by atoms with van der Waals surface area (Å²) < 4.78 is 5.00. The molecule has 1 aliphatic rings. The zero-order chi connectivity index (χ0) is 25.0. The van der Waals surface area contributed by atoms with Crippen LogP contribution in [0.5, 0.6) is 0 Å². The monoisotopic (exact) mass is 457 g/mol. The highest BCUT2D eigenvalue weighted by Gasteiger charge is 2.48. The van der Waals surface area contributed by atoms with Crippen LogP contribution >= 0.6 is 0 Å². The molecule has 1 N–H and O–H groups in total. The van der Waals surface area contributed by atoms with Crippen molar-refractivity contribution >= 4 is 17.8 Å². The molecule has 0 saturated carbocycles. The lowest BCUT2D eigenvalue weighted by Crippen LogP contribution is -2.63. The van der Waals surface area contributed by atoms with E-state index in [1.54, 1.807) is 27.0 Å². The number of rotatable bonds is 8. The van der Waals surface area contributed by atoms with E-state index in [1.807, 2.05) is 51.9 Å². The van der Waals surface area contributed by atoms with Gasteiger partial charge in [0.15, 0.2) is 0 Å². The number of likely N-dealkylation sites (N-methyl/N-ethyl adjacent to an activating group) is 2. The van der Waals surface area contributed by atoms with Crippen LogP contribution in [0.15, 0.2) is 35.9 Å². The molecule has 0 aliphatic heterocycles. The van der Waals surface area contributed by atoms with Gasteiger partial charge >= 0.3 is 5.97 Å². The molecule has 0 fully saturated rings. The van der Waals surface area contributed by atoms with Gasteiger partial charge in [0.25, 0.3) is 0 Å². The van der Waals surface area contributed by atoms with Gasteiger partial charge < -0.3 is 15.0 Å². The number of hydrogen-bond acceptors (Lipinski definition) is 5. The first-order valence-corrected chi connectivity index (χ1v) is 11.5. The van der Waals surface area contributed by atoms with E-state index in [-0.39, 0.29) is 18.4 Å². The quantitative estimate of drug-likeness (QED) is 0.480. The van der Waals surface area contributed by atoms with E-state index in [0.29, 0.717) is 25.0 Å². The van der Waals surface area contributed by atoms with E-state index in [0.717, 1.165) is 11.1 Å². The van der Waals surface area contributed by atoms with Crippen LogP contribution in [0.4, 0.5) is 0 Å². The third kappa shape index (κ3) is 6.02. The lowest BCUT2D eigenvalue weighted by molar-refractivity contribution is -0.141. The van der Waals surface area contributed by atoms with E-state index < -0.39 is 23.0 Å². The second-order valence-electron chi connectivity index (χ2n) is 10.1. The summed E-state index contributed by atoms with van der Waals surface area (Å²) in [5.74, 6) is -0.746. The molecule has 7 nitrogen and oxygen atoms in total. The molecule has 1 aromatic rings. The Morgan fingerprint density at radius 2 is 1.67 bits per heavy atom. The second kappa shape index (κ2) is 10.5. The van der Waals surface area contributed by atoms with E-state index >= 15 is 0 Å². The first kappa shape index (κ1) is 26.6. The van der Waals surface area contributed by atoms with Crippen LogP contribution in [-0.2, 0) is 32.0 Å². The van der Waals surface area contributed by atoms with Gasteiger partial charge in [-0.1, -0.05) is 51.1 Å². The lowest BCUT2D eigenvalue weighted by Gasteiger charge is -2.39. The molecular formula is C26H39N3O4. The number of nitrogens with zero attached hydrogens (tertiary/aromatic N) is 2. The van der Waals surface area contributed by atoms with E-state index in [9.17, 15) is 14.4 Å². The molecule has 7 heteroatoms. The fraction of sp³-hybridized carbons (Fsp3) is 0.577. The predicted octanol–water partition coefficient (Wildman–Crippen LogP) is 2.58. The molecule has 0 radical (unpaired) electrons. The molecule has 0 heterocycles. The smallest absolute Gasteiger partial charge is 0.333 e. The molecule has 2 amide bonds. The van der Waals surface area contributed by atoms with Crippen molar-refractivity contribution in [1.29, 1.82) is 0 Å². The van der Waals surface area contributed by atoms with Crippen LogP contribution in [-0.4, -0.2) is 73.5 Å². The summed E-state index contributed by atoms with van der Waals surface area (Å²) in [5, 5.41) is 3.08. The Hall–Kier alpha value is -2.67. The number of carbonyl (C=O) groups is 3. The summed E-state index contributed by atoms with van der Waals surface area (Å²) in [7, 11) is 5.50. The topological polar surface area (TPSA) is 79.0 Å². The van der Waals surface area contributed by atoms with Crippen molar-refractivity contribution in [3.63, 3.8) is 0 Å². The summed E-state index contributed by atoms with van der Waals surface area (Å²) in [4.78, 5) is 42.4. The van der Waals surface area contributed by atoms with Crippen LogP contribution in [0, 0.1) is 5.41 Å². The van der Waals surface area contributed by atoms with Crippen LogP contribution in [0.2, 0.25) is 0 Å². The zero-order valence-corrected chi connectivity index (χ0v) is 21.3. The SMILES string of the molecule is CCOC(=O)/C(C)=C/CN(C)C(=O)C(NC(=O)C1(N(C)C)Cc2ccccc2C1)C(C)(C)C. The van der Waals surface area contributed by atoms with Crippen LogP contribution in [0.3, 0.4) is 0 Å². The number of hydrogen-bond donors (Lipinski definition) is 1. The van der Waals surface area contributed by atoms with Gasteiger partial charge in [-0.2, -0.15) is 0 Å². The highest BCUT2D eigenvalue weighted by atomic mass is 16.5.